The van der Waals surface area contributed by atoms with Crippen LogP contribution < -0.4 is 0 Å². The fraction of sp³-hybridized carbons (Fsp3) is 0.583. The Hall–Kier alpha value is -1.47. The zero-order valence-corrected chi connectivity index (χ0v) is 12.9. The maximum absolute atomic E-state index is 11.3. The summed E-state index contributed by atoms with van der Waals surface area (Å²) in [5.74, 6) is 0.272. The lowest BCUT2D eigenvalue weighted by atomic mass is 10.3. The molecule has 1 N–H and O–H groups in total. The van der Waals surface area contributed by atoms with Gasteiger partial charge in [-0.1, -0.05) is 24.8 Å². The molecule has 0 saturated heterocycles. The van der Waals surface area contributed by atoms with Gasteiger partial charge in [0.15, 0.2) is 11.6 Å². The molecular formula is C12H21N3O3Si. The highest BCUT2D eigenvalue weighted by atomic mass is 28.3. The Morgan fingerprint density at radius 3 is 2.79 bits per heavy atom. The Kier molecular flexibility index (Phi) is 5.43. The van der Waals surface area contributed by atoms with Gasteiger partial charge < -0.3 is 14.5 Å². The highest BCUT2D eigenvalue weighted by Crippen LogP contribution is 2.09. The van der Waals surface area contributed by atoms with E-state index in [1.54, 1.807) is 10.8 Å². The molecule has 7 heteroatoms. The van der Waals surface area contributed by atoms with Crippen LogP contribution in [0.5, 0.6) is 0 Å². The number of hydrogen-bond acceptors (Lipinski definition) is 5. The van der Waals surface area contributed by atoms with Crippen molar-refractivity contribution in [2.24, 2.45) is 5.16 Å². The standard InChI is InChI=1S/C12H21N3O3Si/c1-10(16)11-8-15(12(14-11)7-13-17)9-18-5-6-19(2,3)4/h7-8,17H,5-6,9H2,1-4H3/b13-7+. The van der Waals surface area contributed by atoms with Gasteiger partial charge >= 0.3 is 0 Å². The number of hydrogen-bond donors (Lipinski definition) is 1. The highest BCUT2D eigenvalue weighted by Gasteiger charge is 2.13. The predicted octanol–water partition coefficient (Wildman–Crippen LogP) is 2.21. The minimum atomic E-state index is -1.11. The molecule has 0 saturated carbocycles. The molecule has 0 aromatic carbocycles. The molecule has 1 aromatic rings. The van der Waals surface area contributed by atoms with Crippen LogP contribution in [0.2, 0.25) is 25.7 Å². The van der Waals surface area contributed by atoms with Crippen molar-refractivity contribution in [1.29, 1.82) is 0 Å². The van der Waals surface area contributed by atoms with E-state index in [0.29, 0.717) is 24.9 Å². The molecule has 0 amide bonds. The Balaban J connectivity index is 2.64. The third kappa shape index (κ3) is 5.35. The summed E-state index contributed by atoms with van der Waals surface area (Å²) in [6.45, 7) is 9.27. The maximum atomic E-state index is 11.3. The number of nitrogens with zero attached hydrogens (tertiary/aromatic N) is 3. The smallest absolute Gasteiger partial charge is 0.179 e. The second kappa shape index (κ2) is 6.62. The number of carbonyl (C=O) groups is 1. The van der Waals surface area contributed by atoms with Crippen molar-refractivity contribution in [1.82, 2.24) is 9.55 Å². The van der Waals surface area contributed by atoms with Crippen LogP contribution in [0.15, 0.2) is 11.4 Å². The number of oxime groups is 1. The van der Waals surface area contributed by atoms with Crippen molar-refractivity contribution in [2.75, 3.05) is 6.61 Å². The van der Waals surface area contributed by atoms with Gasteiger partial charge in [-0.3, -0.25) is 4.79 Å². The average Bonchev–Trinajstić information content (AvgIpc) is 2.67. The van der Waals surface area contributed by atoms with E-state index in [9.17, 15) is 4.79 Å². The van der Waals surface area contributed by atoms with Gasteiger partial charge in [0.2, 0.25) is 0 Å². The average molecular weight is 283 g/mol. The Bertz CT molecular complexity index is 463. The van der Waals surface area contributed by atoms with Crippen LogP contribution in [0.1, 0.15) is 23.2 Å². The molecule has 0 fully saturated rings. The molecule has 0 spiro atoms. The first-order valence-corrected chi connectivity index (χ1v) is 9.87. The molecule has 106 valence electrons. The number of ketones is 1. The van der Waals surface area contributed by atoms with E-state index in [0.717, 1.165) is 6.04 Å². The topological polar surface area (TPSA) is 76.7 Å². The molecular weight excluding hydrogens is 262 g/mol. The predicted molar refractivity (Wildman–Crippen MR) is 75.7 cm³/mol. The normalized spacial score (nSPS) is 12.2. The van der Waals surface area contributed by atoms with E-state index in [2.05, 4.69) is 29.8 Å². The minimum absolute atomic E-state index is 0.131. The SMILES string of the molecule is CC(=O)c1cn(COCC[Si](C)(C)C)c(/C=N/O)n1. The largest absolute Gasteiger partial charge is 0.411 e. The summed E-state index contributed by atoms with van der Waals surface area (Å²) >= 11 is 0. The molecule has 1 heterocycles. The fourth-order valence-electron chi connectivity index (χ4n) is 1.40. The summed E-state index contributed by atoms with van der Waals surface area (Å²) in [7, 11) is -1.11. The molecule has 0 aliphatic rings. The fourth-order valence-corrected chi connectivity index (χ4v) is 2.16. The molecule has 0 atom stereocenters. The van der Waals surface area contributed by atoms with Gasteiger partial charge in [0, 0.05) is 27.8 Å². The van der Waals surface area contributed by atoms with Crippen LogP contribution in [0.3, 0.4) is 0 Å². The monoisotopic (exact) mass is 283 g/mol. The maximum Gasteiger partial charge on any atom is 0.179 e. The van der Waals surface area contributed by atoms with Gasteiger partial charge in [0.05, 0.1) is 0 Å². The summed E-state index contributed by atoms with van der Waals surface area (Å²) in [4.78, 5) is 15.3. The molecule has 0 bridgehead atoms. The first-order chi connectivity index (χ1) is 8.83. The van der Waals surface area contributed by atoms with Gasteiger partial charge in [-0.25, -0.2) is 4.98 Å². The molecule has 1 rings (SSSR count). The summed E-state index contributed by atoms with van der Waals surface area (Å²) in [5, 5.41) is 11.5. The lowest BCUT2D eigenvalue weighted by Crippen LogP contribution is -2.22. The van der Waals surface area contributed by atoms with Gasteiger partial charge in [0.1, 0.15) is 18.6 Å². The van der Waals surface area contributed by atoms with Crippen molar-refractivity contribution in [3.8, 4) is 0 Å². The van der Waals surface area contributed by atoms with Crippen molar-refractivity contribution in [3.05, 3.63) is 17.7 Å². The van der Waals surface area contributed by atoms with E-state index in [4.69, 9.17) is 9.94 Å². The van der Waals surface area contributed by atoms with Gasteiger partial charge in [-0.05, 0) is 6.04 Å². The van der Waals surface area contributed by atoms with Gasteiger partial charge in [-0.15, -0.1) is 0 Å². The zero-order valence-electron chi connectivity index (χ0n) is 11.9. The van der Waals surface area contributed by atoms with Crippen LogP contribution in [0.25, 0.3) is 0 Å². The summed E-state index contributed by atoms with van der Waals surface area (Å²) < 4.78 is 7.23. The number of aromatic nitrogens is 2. The second-order valence-corrected chi connectivity index (χ2v) is 11.2. The summed E-state index contributed by atoms with van der Waals surface area (Å²) in [6, 6.07) is 1.07. The third-order valence-corrected chi connectivity index (χ3v) is 4.27. The van der Waals surface area contributed by atoms with Gasteiger partial charge in [-0.2, -0.15) is 0 Å². The van der Waals surface area contributed by atoms with Crippen molar-refractivity contribution in [2.45, 2.75) is 39.3 Å². The lowest BCUT2D eigenvalue weighted by molar-refractivity contribution is 0.0867. The Morgan fingerprint density at radius 1 is 1.58 bits per heavy atom. The van der Waals surface area contributed by atoms with Crippen LogP contribution in [-0.2, 0) is 11.5 Å². The van der Waals surface area contributed by atoms with Crippen molar-refractivity contribution < 1.29 is 14.7 Å². The summed E-state index contributed by atoms with van der Waals surface area (Å²) in [5.41, 5.74) is 0.337. The number of Topliss-reactive ketones (excluding diaryl/α,β-unsaturated/α-hetero) is 1. The zero-order chi connectivity index (χ0) is 14.5. The van der Waals surface area contributed by atoms with Crippen LogP contribution in [0, 0.1) is 0 Å². The van der Waals surface area contributed by atoms with E-state index in [-0.39, 0.29) is 5.78 Å². The number of imidazole rings is 1. The Morgan fingerprint density at radius 2 is 2.26 bits per heavy atom. The second-order valence-electron chi connectivity index (χ2n) is 5.60. The molecule has 0 unspecified atom stereocenters. The van der Waals surface area contributed by atoms with E-state index in [1.807, 2.05) is 0 Å². The van der Waals surface area contributed by atoms with Crippen LogP contribution >= 0.6 is 0 Å². The van der Waals surface area contributed by atoms with Gasteiger partial charge in [0.25, 0.3) is 0 Å². The lowest BCUT2D eigenvalue weighted by Gasteiger charge is -2.15. The van der Waals surface area contributed by atoms with Crippen molar-refractivity contribution >= 4 is 20.1 Å². The third-order valence-electron chi connectivity index (χ3n) is 2.57. The highest BCUT2D eigenvalue weighted by molar-refractivity contribution is 6.76. The minimum Gasteiger partial charge on any atom is -0.411 e. The first-order valence-electron chi connectivity index (χ1n) is 6.17. The Labute approximate surface area is 114 Å². The molecule has 1 aromatic heterocycles. The molecule has 6 nitrogen and oxygen atoms in total. The quantitative estimate of drug-likeness (QED) is 0.208. The van der Waals surface area contributed by atoms with Crippen molar-refractivity contribution in [3.63, 3.8) is 0 Å². The number of rotatable bonds is 7. The molecule has 0 aliphatic carbocycles. The molecule has 19 heavy (non-hydrogen) atoms. The van der Waals surface area contributed by atoms with E-state index < -0.39 is 8.07 Å². The molecule has 0 aliphatic heterocycles. The van der Waals surface area contributed by atoms with Crippen LogP contribution in [-0.4, -0.2) is 41.4 Å². The molecule has 0 radical (unpaired) electrons. The van der Waals surface area contributed by atoms with Crippen LogP contribution in [0.4, 0.5) is 0 Å². The van der Waals surface area contributed by atoms with E-state index >= 15 is 0 Å². The summed E-state index contributed by atoms with van der Waals surface area (Å²) in [6.07, 6.45) is 2.79. The first kappa shape index (κ1) is 15.6. The van der Waals surface area contributed by atoms with E-state index in [1.165, 1.54) is 13.1 Å². The number of ether oxygens (including phenoxy) is 1. The number of carbonyl (C=O) groups excluding carboxylic acids is 1.